The topological polar surface area (TPSA) is 43.3 Å². The number of rotatable bonds is 4. The Bertz CT molecular complexity index is 760. The standard InChI is InChI=1S/C17H18BrN3/c1-2-12-3-5-13(6-4-12)17-15(9-10-19)21-11-14(18)7-8-16(21)20-17/h3-8,11H,2,9-10,19H2,1H3. The van der Waals surface area contributed by atoms with E-state index >= 15 is 0 Å². The van der Waals surface area contributed by atoms with Gasteiger partial charge < -0.3 is 10.1 Å². The fourth-order valence-corrected chi connectivity index (χ4v) is 2.91. The maximum atomic E-state index is 5.79. The van der Waals surface area contributed by atoms with Crippen LogP contribution in [0.25, 0.3) is 16.9 Å². The largest absolute Gasteiger partial charge is 0.330 e. The number of aromatic nitrogens is 2. The van der Waals surface area contributed by atoms with Crippen LogP contribution < -0.4 is 5.73 Å². The summed E-state index contributed by atoms with van der Waals surface area (Å²) >= 11 is 3.52. The van der Waals surface area contributed by atoms with E-state index in [9.17, 15) is 0 Å². The molecule has 4 heteroatoms. The number of hydrogen-bond acceptors (Lipinski definition) is 2. The first-order valence-electron chi connectivity index (χ1n) is 7.18. The lowest BCUT2D eigenvalue weighted by molar-refractivity contribution is 0.906. The third kappa shape index (κ3) is 2.74. The molecule has 108 valence electrons. The summed E-state index contributed by atoms with van der Waals surface area (Å²) in [4.78, 5) is 4.78. The summed E-state index contributed by atoms with van der Waals surface area (Å²) in [6.45, 7) is 2.78. The lowest BCUT2D eigenvalue weighted by atomic mass is 10.1. The number of nitrogens with zero attached hydrogens (tertiary/aromatic N) is 2. The highest BCUT2D eigenvalue weighted by Crippen LogP contribution is 2.26. The number of nitrogens with two attached hydrogens (primary N) is 1. The Hall–Kier alpha value is -1.65. The number of aryl methyl sites for hydroxylation is 1. The molecule has 0 bridgehead atoms. The van der Waals surface area contributed by atoms with Crippen molar-refractivity contribution in [1.29, 1.82) is 0 Å². The first kappa shape index (κ1) is 14.3. The van der Waals surface area contributed by atoms with Crippen molar-refractivity contribution in [2.75, 3.05) is 6.54 Å². The van der Waals surface area contributed by atoms with Crippen LogP contribution >= 0.6 is 15.9 Å². The first-order valence-corrected chi connectivity index (χ1v) is 7.98. The molecule has 0 saturated carbocycles. The summed E-state index contributed by atoms with van der Waals surface area (Å²) in [5, 5.41) is 0. The molecule has 3 aromatic rings. The second-order valence-electron chi connectivity index (χ2n) is 5.07. The van der Waals surface area contributed by atoms with Crippen molar-refractivity contribution in [3.8, 4) is 11.3 Å². The highest BCUT2D eigenvalue weighted by atomic mass is 79.9. The number of pyridine rings is 1. The highest BCUT2D eigenvalue weighted by Gasteiger charge is 2.13. The van der Waals surface area contributed by atoms with E-state index in [0.29, 0.717) is 6.54 Å². The predicted octanol–water partition coefficient (Wildman–Crippen LogP) is 3.83. The Kier molecular flexibility index (Phi) is 4.08. The van der Waals surface area contributed by atoms with E-state index in [1.807, 2.05) is 12.1 Å². The molecule has 0 amide bonds. The van der Waals surface area contributed by atoms with Crippen LogP contribution in [0.1, 0.15) is 18.2 Å². The van der Waals surface area contributed by atoms with Crippen LogP contribution in [0, 0.1) is 0 Å². The van der Waals surface area contributed by atoms with E-state index in [0.717, 1.165) is 39.9 Å². The number of imidazole rings is 1. The second kappa shape index (κ2) is 6.00. The van der Waals surface area contributed by atoms with Gasteiger partial charge in [0.05, 0.1) is 11.4 Å². The first-order chi connectivity index (χ1) is 10.2. The minimum absolute atomic E-state index is 0.611. The molecule has 3 nitrogen and oxygen atoms in total. The number of halogens is 1. The maximum absolute atomic E-state index is 5.79. The van der Waals surface area contributed by atoms with Gasteiger partial charge in [-0.1, -0.05) is 31.2 Å². The Balaban J connectivity index is 2.17. The lowest BCUT2D eigenvalue weighted by Crippen LogP contribution is -2.06. The molecule has 0 unspecified atom stereocenters. The van der Waals surface area contributed by atoms with E-state index < -0.39 is 0 Å². The van der Waals surface area contributed by atoms with Crippen molar-refractivity contribution in [3.63, 3.8) is 0 Å². The van der Waals surface area contributed by atoms with Crippen molar-refractivity contribution < 1.29 is 0 Å². The number of benzene rings is 1. The highest BCUT2D eigenvalue weighted by molar-refractivity contribution is 9.10. The Labute approximate surface area is 132 Å². The summed E-state index contributed by atoms with van der Waals surface area (Å²) in [5.74, 6) is 0. The summed E-state index contributed by atoms with van der Waals surface area (Å²) in [7, 11) is 0. The summed E-state index contributed by atoms with van der Waals surface area (Å²) < 4.78 is 3.17. The normalized spacial score (nSPS) is 11.2. The summed E-state index contributed by atoms with van der Waals surface area (Å²) in [6.07, 6.45) is 3.91. The van der Waals surface area contributed by atoms with Gasteiger partial charge in [-0.2, -0.15) is 0 Å². The second-order valence-corrected chi connectivity index (χ2v) is 5.99. The van der Waals surface area contributed by atoms with E-state index in [-0.39, 0.29) is 0 Å². The molecule has 0 aliphatic rings. The monoisotopic (exact) mass is 343 g/mol. The zero-order valence-corrected chi connectivity index (χ0v) is 13.6. The van der Waals surface area contributed by atoms with E-state index in [1.165, 1.54) is 5.56 Å². The van der Waals surface area contributed by atoms with E-state index in [1.54, 1.807) is 0 Å². The summed E-state index contributed by atoms with van der Waals surface area (Å²) in [5.41, 5.74) is 11.4. The minimum Gasteiger partial charge on any atom is -0.330 e. The Morgan fingerprint density at radius 2 is 1.90 bits per heavy atom. The van der Waals surface area contributed by atoms with E-state index in [4.69, 9.17) is 10.7 Å². The zero-order valence-electron chi connectivity index (χ0n) is 12.0. The molecule has 3 rings (SSSR count). The SMILES string of the molecule is CCc1ccc(-c2nc3ccc(Br)cn3c2CCN)cc1. The van der Waals surface area contributed by atoms with Crippen LogP contribution in [0.4, 0.5) is 0 Å². The Morgan fingerprint density at radius 3 is 2.57 bits per heavy atom. The average molecular weight is 344 g/mol. The maximum Gasteiger partial charge on any atom is 0.137 e. The van der Waals surface area contributed by atoms with Gasteiger partial charge in [0.1, 0.15) is 5.65 Å². The van der Waals surface area contributed by atoms with Crippen LogP contribution in [0.5, 0.6) is 0 Å². The molecular weight excluding hydrogens is 326 g/mol. The van der Waals surface area contributed by atoms with Gasteiger partial charge >= 0.3 is 0 Å². The van der Waals surface area contributed by atoms with Crippen LogP contribution in [0.3, 0.4) is 0 Å². The fourth-order valence-electron chi connectivity index (χ4n) is 2.57. The quantitative estimate of drug-likeness (QED) is 0.782. The lowest BCUT2D eigenvalue weighted by Gasteiger charge is -2.05. The van der Waals surface area contributed by atoms with Crippen molar-refractivity contribution >= 4 is 21.6 Å². The molecule has 2 N–H and O–H groups in total. The smallest absolute Gasteiger partial charge is 0.137 e. The van der Waals surface area contributed by atoms with Crippen molar-refractivity contribution in [2.24, 2.45) is 5.73 Å². The molecule has 2 heterocycles. The van der Waals surface area contributed by atoms with Crippen LogP contribution in [-0.4, -0.2) is 15.9 Å². The van der Waals surface area contributed by atoms with Gasteiger partial charge in [-0.05, 0) is 46.6 Å². The zero-order chi connectivity index (χ0) is 14.8. The minimum atomic E-state index is 0.611. The third-order valence-corrected chi connectivity index (χ3v) is 4.17. The third-order valence-electron chi connectivity index (χ3n) is 3.70. The Morgan fingerprint density at radius 1 is 1.14 bits per heavy atom. The molecule has 0 aliphatic heterocycles. The van der Waals surface area contributed by atoms with Gasteiger partial charge in [-0.3, -0.25) is 0 Å². The van der Waals surface area contributed by atoms with Gasteiger partial charge in [0.25, 0.3) is 0 Å². The van der Waals surface area contributed by atoms with Crippen LogP contribution in [0.2, 0.25) is 0 Å². The van der Waals surface area contributed by atoms with Gasteiger partial charge in [0, 0.05) is 22.7 Å². The van der Waals surface area contributed by atoms with E-state index in [2.05, 4.69) is 57.7 Å². The number of hydrogen-bond donors (Lipinski definition) is 1. The van der Waals surface area contributed by atoms with Crippen molar-refractivity contribution in [1.82, 2.24) is 9.38 Å². The van der Waals surface area contributed by atoms with Gasteiger partial charge in [-0.25, -0.2) is 4.98 Å². The number of fused-ring (bicyclic) bond motifs is 1. The molecule has 0 fully saturated rings. The molecule has 1 aromatic carbocycles. The average Bonchev–Trinajstić information content (AvgIpc) is 2.86. The molecule has 21 heavy (non-hydrogen) atoms. The molecule has 0 saturated heterocycles. The van der Waals surface area contributed by atoms with Gasteiger partial charge in [0.15, 0.2) is 0 Å². The van der Waals surface area contributed by atoms with Gasteiger partial charge in [-0.15, -0.1) is 0 Å². The van der Waals surface area contributed by atoms with Crippen LogP contribution in [0.15, 0.2) is 47.1 Å². The van der Waals surface area contributed by atoms with Crippen LogP contribution in [-0.2, 0) is 12.8 Å². The summed E-state index contributed by atoms with van der Waals surface area (Å²) in [6, 6.07) is 12.7. The van der Waals surface area contributed by atoms with Crippen molar-refractivity contribution in [2.45, 2.75) is 19.8 Å². The molecule has 0 aliphatic carbocycles. The molecular formula is C17H18BrN3. The molecule has 0 radical (unpaired) electrons. The van der Waals surface area contributed by atoms with Crippen molar-refractivity contribution in [3.05, 3.63) is 58.3 Å². The predicted molar refractivity (Wildman–Crippen MR) is 90.5 cm³/mol. The fraction of sp³-hybridized carbons (Fsp3) is 0.235. The van der Waals surface area contributed by atoms with Gasteiger partial charge in [0.2, 0.25) is 0 Å². The molecule has 0 spiro atoms. The molecule has 0 atom stereocenters. The molecule has 2 aromatic heterocycles.